The van der Waals surface area contributed by atoms with E-state index in [-0.39, 0.29) is 5.92 Å². The molecule has 1 aromatic heterocycles. The minimum Gasteiger partial charge on any atom is -0.223 e. The van der Waals surface area contributed by atoms with Gasteiger partial charge in [0.2, 0.25) is 11.4 Å². The van der Waals surface area contributed by atoms with Gasteiger partial charge in [0.05, 0.1) is 10.1 Å². The van der Waals surface area contributed by atoms with Crippen LogP contribution < -0.4 is 23.2 Å². The van der Waals surface area contributed by atoms with Gasteiger partial charge < -0.3 is 0 Å². The molecular weight excluding hydrogens is 622 g/mol. The Morgan fingerprint density at radius 2 is 1.17 bits per heavy atom. The average molecular weight is 658 g/mol. The smallest absolute Gasteiger partial charge is 0.219 e. The lowest BCUT2D eigenvalue weighted by atomic mass is 9.84. The van der Waals surface area contributed by atoms with Gasteiger partial charge in [-0.2, -0.15) is 4.57 Å². The molecule has 9 heteroatoms. The van der Waals surface area contributed by atoms with Crippen molar-refractivity contribution in [3.8, 4) is 28.1 Å². The van der Waals surface area contributed by atoms with Crippen LogP contribution in [0.25, 0.3) is 28.1 Å². The van der Waals surface area contributed by atoms with Crippen LogP contribution in [0.5, 0.6) is 0 Å². The molecule has 4 aromatic carbocycles. The van der Waals surface area contributed by atoms with Gasteiger partial charge in [0.25, 0.3) is 0 Å². The topological polar surface area (TPSA) is 130 Å². The van der Waals surface area contributed by atoms with Crippen molar-refractivity contribution in [2.24, 2.45) is 0 Å². The van der Waals surface area contributed by atoms with Gasteiger partial charge in [-0.05, 0) is 68.5 Å². The van der Waals surface area contributed by atoms with Gasteiger partial charge in [-0.25, -0.2) is 27.1 Å². The van der Waals surface area contributed by atoms with E-state index in [4.69, 9.17) is 18.6 Å². The Bertz CT molecular complexity index is 1850. The molecule has 0 amide bonds. The van der Waals surface area contributed by atoms with E-state index in [1.165, 1.54) is 5.56 Å². The summed E-state index contributed by atoms with van der Waals surface area (Å²) in [6.45, 7) is 4.09. The molecule has 2 unspecified atom stereocenters. The fraction of sp³-hybridized carbons (Fsp3) is 0.216. The third-order valence-electron chi connectivity index (χ3n) is 8.40. The molecular formula is C37H36ClNO6S. The van der Waals surface area contributed by atoms with E-state index in [0.29, 0.717) is 17.7 Å². The molecule has 5 aromatic rings. The highest BCUT2D eigenvalue weighted by atomic mass is 35.7. The Morgan fingerprint density at radius 3 is 1.74 bits per heavy atom. The number of aryl methyl sites for hydroxylation is 2. The van der Waals surface area contributed by atoms with Crippen LogP contribution in [0.15, 0.2) is 126 Å². The lowest BCUT2D eigenvalue weighted by Crippen LogP contribution is -2.68. The number of sulfone groups is 1. The van der Waals surface area contributed by atoms with E-state index in [0.717, 1.165) is 52.2 Å². The van der Waals surface area contributed by atoms with Crippen molar-refractivity contribution in [2.45, 2.75) is 55.6 Å². The Kier molecular flexibility index (Phi) is 10.4. The Balaban J connectivity index is 0.000000775. The summed E-state index contributed by atoms with van der Waals surface area (Å²) in [5.74, 6) is 0.0985. The lowest BCUT2D eigenvalue weighted by Gasteiger charge is -2.28. The van der Waals surface area contributed by atoms with E-state index in [9.17, 15) is 8.42 Å². The van der Waals surface area contributed by atoms with Crippen LogP contribution in [-0.4, -0.2) is 13.7 Å². The Hall–Kier alpha value is -3.89. The first-order chi connectivity index (χ1) is 21.9. The quantitative estimate of drug-likeness (QED) is 0.256. The van der Waals surface area contributed by atoms with Gasteiger partial charge in [0, 0.05) is 35.7 Å². The van der Waals surface area contributed by atoms with Crippen LogP contribution in [-0.2, 0) is 9.84 Å². The predicted octanol–water partition coefficient (Wildman–Crippen LogP) is 3.66. The summed E-state index contributed by atoms with van der Waals surface area (Å²) >= 11 is 0. The second kappa shape index (κ2) is 14.3. The zero-order chi connectivity index (χ0) is 32.9. The maximum atomic E-state index is 13.8. The van der Waals surface area contributed by atoms with Crippen molar-refractivity contribution >= 4 is 9.84 Å². The fourth-order valence-corrected chi connectivity index (χ4v) is 8.00. The normalized spacial score (nSPS) is 16.7. The summed E-state index contributed by atoms with van der Waals surface area (Å²) in [6, 6.07) is 41.6. The number of rotatable bonds is 6. The zero-order valence-electron chi connectivity index (χ0n) is 25.7. The number of pyridine rings is 1. The summed E-state index contributed by atoms with van der Waals surface area (Å²) in [6.07, 6.45) is 3.14. The van der Waals surface area contributed by atoms with Crippen LogP contribution in [0.2, 0.25) is 0 Å². The van der Waals surface area contributed by atoms with E-state index in [1.54, 1.807) is 12.1 Å². The van der Waals surface area contributed by atoms with E-state index < -0.39 is 25.3 Å². The largest absolute Gasteiger partial charge is 0.223 e. The third kappa shape index (κ3) is 8.27. The van der Waals surface area contributed by atoms with Crippen LogP contribution in [0.1, 0.15) is 48.4 Å². The van der Waals surface area contributed by atoms with Crippen LogP contribution in [0.3, 0.4) is 0 Å². The number of aromatic nitrogens is 1. The monoisotopic (exact) mass is 657 g/mol. The number of hydrogen-bond donors (Lipinski definition) is 0. The van der Waals surface area contributed by atoms with Gasteiger partial charge in [0.1, 0.15) is 0 Å². The summed E-state index contributed by atoms with van der Waals surface area (Å²) < 4.78 is 64.0. The summed E-state index contributed by atoms with van der Waals surface area (Å²) in [5, 5.41) is -0.406. The van der Waals surface area contributed by atoms with Crippen LogP contribution in [0, 0.1) is 24.1 Å². The first-order valence-corrected chi connectivity index (χ1v) is 17.9. The summed E-state index contributed by atoms with van der Waals surface area (Å²) in [4.78, 5) is 0.433. The minimum absolute atomic E-state index is 0.0985. The molecule has 238 valence electrons. The fourth-order valence-electron chi connectivity index (χ4n) is 6.13. The molecule has 6 rings (SSSR count). The highest BCUT2D eigenvalue weighted by molar-refractivity contribution is 7.92. The van der Waals surface area contributed by atoms with Gasteiger partial charge in [-0.15, -0.1) is 10.2 Å². The molecule has 0 spiro atoms. The van der Waals surface area contributed by atoms with E-state index in [1.807, 2.05) is 31.2 Å². The second-order valence-corrected chi connectivity index (χ2v) is 14.7. The molecule has 1 aliphatic carbocycles. The minimum atomic E-state index is -4.94. The number of nitrogens with zero attached hydrogens (tertiary/aromatic N) is 1. The van der Waals surface area contributed by atoms with Crippen molar-refractivity contribution in [1.29, 1.82) is 0 Å². The zero-order valence-corrected chi connectivity index (χ0v) is 27.3. The van der Waals surface area contributed by atoms with E-state index >= 15 is 0 Å². The highest BCUT2D eigenvalue weighted by Crippen LogP contribution is 2.39. The molecule has 0 saturated heterocycles. The number of hydrogen-bond acceptors (Lipinski definition) is 6. The lowest BCUT2D eigenvalue weighted by molar-refractivity contribution is -2.00. The standard InChI is InChI=1S/C37H36NO2S.ClHO4/c1-27-16-20-33(21-17-27)38-36(30-12-7-4-8-13-30)25-32(29-10-5-3-6-11-29)26-37(38)31-14-9-15-35(24-31)41(39,40)34-22-18-28(2)19-23-34;2-1(3,4)5/h3-8,10-13,16-23,25-26,31,35H,9,14-15,24H2,1-2H3;(H,2,3,4,5)/q+1;/p-1. The molecule has 0 radical (unpaired) electrons. The maximum absolute atomic E-state index is 13.8. The van der Waals surface area contributed by atoms with E-state index in [2.05, 4.69) is 96.4 Å². The summed E-state index contributed by atoms with van der Waals surface area (Å²) in [5.41, 5.74) is 9.07. The van der Waals surface area contributed by atoms with Crippen molar-refractivity contribution in [3.05, 3.63) is 138 Å². The molecule has 1 saturated carbocycles. The molecule has 1 fully saturated rings. The average Bonchev–Trinajstić information content (AvgIpc) is 3.05. The molecule has 0 aliphatic heterocycles. The van der Waals surface area contributed by atoms with Gasteiger partial charge in [-0.3, -0.25) is 0 Å². The van der Waals surface area contributed by atoms with Gasteiger partial charge in [-0.1, -0.05) is 90.3 Å². The Morgan fingerprint density at radius 1 is 0.652 bits per heavy atom. The van der Waals surface area contributed by atoms with Crippen molar-refractivity contribution in [2.75, 3.05) is 0 Å². The first-order valence-electron chi connectivity index (χ1n) is 15.1. The molecule has 46 heavy (non-hydrogen) atoms. The SMILES string of the molecule is Cc1ccc(-[n+]2c(-c3ccccc3)cc(-c3ccccc3)cc2C2CCCC(S(=O)(=O)c3ccc(C)cc3)C2)cc1.[O-][Cl+3]([O-])([O-])[O-]. The third-order valence-corrected chi connectivity index (χ3v) is 10.6. The predicted molar refractivity (Wildman–Crippen MR) is 167 cm³/mol. The van der Waals surface area contributed by atoms with Crippen molar-refractivity contribution < 1.29 is 41.9 Å². The van der Waals surface area contributed by atoms with Crippen molar-refractivity contribution in [1.82, 2.24) is 0 Å². The van der Waals surface area contributed by atoms with Crippen LogP contribution >= 0.6 is 0 Å². The highest BCUT2D eigenvalue weighted by Gasteiger charge is 2.38. The van der Waals surface area contributed by atoms with Crippen molar-refractivity contribution in [3.63, 3.8) is 0 Å². The molecule has 1 aliphatic rings. The molecule has 7 nitrogen and oxygen atoms in total. The molecule has 0 bridgehead atoms. The second-order valence-electron chi connectivity index (χ2n) is 11.7. The Labute approximate surface area is 272 Å². The number of halogens is 1. The molecule has 1 heterocycles. The van der Waals surface area contributed by atoms with Gasteiger partial charge in [0.15, 0.2) is 15.5 Å². The molecule has 0 N–H and O–H groups in total. The van der Waals surface area contributed by atoms with Gasteiger partial charge >= 0.3 is 0 Å². The maximum Gasteiger partial charge on any atom is 0.219 e. The van der Waals surface area contributed by atoms with Crippen LogP contribution in [0.4, 0.5) is 0 Å². The molecule has 2 atom stereocenters. The number of benzene rings is 4. The first kappa shape index (κ1) is 33.5. The summed E-state index contributed by atoms with van der Waals surface area (Å²) in [7, 11) is -8.38.